The van der Waals surface area contributed by atoms with Crippen molar-refractivity contribution in [3.8, 4) is 0 Å². The lowest BCUT2D eigenvalue weighted by molar-refractivity contribution is 0.299. The van der Waals surface area contributed by atoms with Crippen molar-refractivity contribution in [2.24, 2.45) is 4.40 Å². The SMILES string of the molecule is C=C(CN(C)C)C(=N)/C(=N\S)OCCCCCC. The minimum atomic E-state index is 0.231. The molecule has 0 radical (unpaired) electrons. The second kappa shape index (κ2) is 10.1. The molecule has 104 valence electrons. The van der Waals surface area contributed by atoms with Gasteiger partial charge in [-0.3, -0.25) is 5.41 Å². The van der Waals surface area contributed by atoms with Crippen LogP contribution in [-0.2, 0) is 4.74 Å². The van der Waals surface area contributed by atoms with E-state index in [1.54, 1.807) is 0 Å². The van der Waals surface area contributed by atoms with Crippen molar-refractivity contribution >= 4 is 24.4 Å². The number of hydrogen-bond donors (Lipinski definition) is 2. The highest BCUT2D eigenvalue weighted by atomic mass is 32.1. The van der Waals surface area contributed by atoms with Gasteiger partial charge in [-0.1, -0.05) is 32.8 Å². The van der Waals surface area contributed by atoms with E-state index in [2.05, 4.69) is 30.7 Å². The summed E-state index contributed by atoms with van der Waals surface area (Å²) in [4.78, 5) is 1.95. The molecule has 0 fully saturated rings. The molecule has 0 aliphatic rings. The van der Waals surface area contributed by atoms with Crippen LogP contribution in [0.4, 0.5) is 0 Å². The molecule has 4 nitrogen and oxygen atoms in total. The van der Waals surface area contributed by atoms with Crippen molar-refractivity contribution in [2.45, 2.75) is 32.6 Å². The third-order valence-electron chi connectivity index (χ3n) is 2.40. The van der Waals surface area contributed by atoms with E-state index < -0.39 is 0 Å². The number of ether oxygens (including phenoxy) is 1. The topological polar surface area (TPSA) is 48.7 Å². The number of likely N-dealkylation sites (N-methyl/N-ethyl adjacent to an activating group) is 1. The second-order valence-electron chi connectivity index (χ2n) is 4.53. The van der Waals surface area contributed by atoms with Gasteiger partial charge >= 0.3 is 0 Å². The van der Waals surface area contributed by atoms with Crippen LogP contribution in [0.3, 0.4) is 0 Å². The van der Waals surface area contributed by atoms with Crippen LogP contribution in [-0.4, -0.2) is 43.8 Å². The van der Waals surface area contributed by atoms with Gasteiger partial charge in [0.1, 0.15) is 5.71 Å². The standard InChI is InChI=1S/C13H25N3OS/c1-5-6-7-8-9-17-13(15-18)12(14)11(2)10-16(3)4/h14,18H,2,5-10H2,1,3-4H3/b14-12?,15-13+. The molecule has 0 aliphatic carbocycles. The van der Waals surface area contributed by atoms with Crippen LogP contribution < -0.4 is 0 Å². The molecule has 0 rings (SSSR count). The molecule has 0 bridgehead atoms. The average molecular weight is 271 g/mol. The quantitative estimate of drug-likeness (QED) is 0.293. The summed E-state index contributed by atoms with van der Waals surface area (Å²) in [6.45, 7) is 7.23. The molecule has 0 heterocycles. The Labute approximate surface area is 116 Å². The predicted molar refractivity (Wildman–Crippen MR) is 81.9 cm³/mol. The van der Waals surface area contributed by atoms with E-state index in [1.165, 1.54) is 12.8 Å². The molecular weight excluding hydrogens is 246 g/mol. The molecule has 0 spiro atoms. The van der Waals surface area contributed by atoms with Gasteiger partial charge in [-0.2, -0.15) is 4.40 Å². The van der Waals surface area contributed by atoms with Crippen LogP contribution in [0.1, 0.15) is 32.6 Å². The predicted octanol–water partition coefficient (Wildman–Crippen LogP) is 2.96. The van der Waals surface area contributed by atoms with Crippen LogP contribution in [0.5, 0.6) is 0 Å². The monoisotopic (exact) mass is 271 g/mol. The van der Waals surface area contributed by atoms with Crippen molar-refractivity contribution in [2.75, 3.05) is 27.2 Å². The maximum absolute atomic E-state index is 7.93. The van der Waals surface area contributed by atoms with Gasteiger partial charge < -0.3 is 9.64 Å². The maximum Gasteiger partial charge on any atom is 0.246 e. The largest absolute Gasteiger partial charge is 0.476 e. The smallest absolute Gasteiger partial charge is 0.246 e. The fourth-order valence-electron chi connectivity index (χ4n) is 1.46. The van der Waals surface area contributed by atoms with Gasteiger partial charge in [0, 0.05) is 6.54 Å². The highest BCUT2D eigenvalue weighted by molar-refractivity contribution is 7.79. The van der Waals surface area contributed by atoms with Crippen LogP contribution in [0.2, 0.25) is 0 Å². The van der Waals surface area contributed by atoms with Gasteiger partial charge in [0.05, 0.1) is 6.61 Å². The minimum Gasteiger partial charge on any atom is -0.476 e. The lowest BCUT2D eigenvalue weighted by Crippen LogP contribution is -2.25. The summed E-state index contributed by atoms with van der Waals surface area (Å²) in [6.07, 6.45) is 4.53. The fourth-order valence-corrected chi connectivity index (χ4v) is 1.62. The summed E-state index contributed by atoms with van der Waals surface area (Å²) in [5.41, 5.74) is 0.913. The maximum atomic E-state index is 7.93. The highest BCUT2D eigenvalue weighted by Gasteiger charge is 2.12. The normalized spacial score (nSPS) is 11.7. The molecule has 0 amide bonds. The van der Waals surface area contributed by atoms with Crippen LogP contribution in [0.25, 0.3) is 0 Å². The number of unbranched alkanes of at least 4 members (excludes halogenated alkanes) is 3. The first-order valence-corrected chi connectivity index (χ1v) is 6.69. The average Bonchev–Trinajstić information content (AvgIpc) is 2.32. The van der Waals surface area contributed by atoms with E-state index in [1.807, 2.05) is 19.0 Å². The molecule has 0 saturated heterocycles. The van der Waals surface area contributed by atoms with Crippen molar-refractivity contribution in [1.29, 1.82) is 5.41 Å². The molecule has 0 aromatic rings. The summed E-state index contributed by atoms with van der Waals surface area (Å²) in [7, 11) is 3.86. The molecular formula is C13H25N3OS. The molecule has 0 aliphatic heterocycles. The summed E-state index contributed by atoms with van der Waals surface area (Å²) < 4.78 is 9.19. The van der Waals surface area contributed by atoms with Crippen LogP contribution >= 0.6 is 12.8 Å². The fraction of sp³-hybridized carbons (Fsp3) is 0.692. The van der Waals surface area contributed by atoms with E-state index in [0.717, 1.165) is 12.8 Å². The Kier molecular flexibility index (Phi) is 9.69. The number of nitrogens with zero attached hydrogens (tertiary/aromatic N) is 2. The van der Waals surface area contributed by atoms with E-state index in [4.69, 9.17) is 10.1 Å². The number of thiol groups is 1. The molecule has 0 atom stereocenters. The van der Waals surface area contributed by atoms with Gasteiger partial charge in [0.2, 0.25) is 5.90 Å². The molecule has 5 heteroatoms. The summed E-state index contributed by atoms with van der Waals surface area (Å²) >= 11 is 3.85. The Morgan fingerprint density at radius 2 is 2.00 bits per heavy atom. The molecule has 0 unspecified atom stereocenters. The Morgan fingerprint density at radius 1 is 1.33 bits per heavy atom. The van der Waals surface area contributed by atoms with Crippen LogP contribution in [0, 0.1) is 5.41 Å². The first-order chi connectivity index (χ1) is 8.52. The zero-order valence-electron chi connectivity index (χ0n) is 11.7. The van der Waals surface area contributed by atoms with Gasteiger partial charge in [0.15, 0.2) is 0 Å². The third kappa shape index (κ3) is 7.50. The Bertz CT molecular complexity index is 301. The molecule has 18 heavy (non-hydrogen) atoms. The Balaban J connectivity index is 4.09. The lowest BCUT2D eigenvalue weighted by atomic mass is 10.1. The number of rotatable bonds is 9. The molecule has 0 aromatic carbocycles. The summed E-state index contributed by atoms with van der Waals surface area (Å²) in [5, 5.41) is 7.93. The molecule has 0 saturated carbocycles. The summed E-state index contributed by atoms with van der Waals surface area (Å²) in [6, 6.07) is 0. The third-order valence-corrected chi connectivity index (χ3v) is 2.58. The van der Waals surface area contributed by atoms with Crippen LogP contribution in [0.15, 0.2) is 16.5 Å². The molecule has 0 aromatic heterocycles. The Morgan fingerprint density at radius 3 is 2.50 bits per heavy atom. The zero-order valence-corrected chi connectivity index (χ0v) is 12.6. The van der Waals surface area contributed by atoms with Gasteiger partial charge in [-0.05, 0) is 38.9 Å². The first-order valence-electron chi connectivity index (χ1n) is 6.29. The Hall–Kier alpha value is -0.810. The summed E-state index contributed by atoms with van der Waals surface area (Å²) in [5.74, 6) is 0.265. The van der Waals surface area contributed by atoms with E-state index in [0.29, 0.717) is 18.7 Å². The number of nitrogens with one attached hydrogen (secondary N) is 1. The number of hydrogen-bond acceptors (Lipinski definition) is 5. The zero-order chi connectivity index (χ0) is 14.0. The van der Waals surface area contributed by atoms with E-state index in [9.17, 15) is 0 Å². The minimum absolute atomic E-state index is 0.231. The first kappa shape index (κ1) is 17.2. The van der Waals surface area contributed by atoms with Crippen molar-refractivity contribution in [1.82, 2.24) is 4.90 Å². The second-order valence-corrected chi connectivity index (χ2v) is 4.73. The van der Waals surface area contributed by atoms with Gasteiger partial charge in [-0.15, -0.1) is 0 Å². The van der Waals surface area contributed by atoms with Gasteiger partial charge in [0.25, 0.3) is 0 Å². The van der Waals surface area contributed by atoms with E-state index >= 15 is 0 Å². The van der Waals surface area contributed by atoms with Crippen molar-refractivity contribution in [3.05, 3.63) is 12.2 Å². The van der Waals surface area contributed by atoms with Gasteiger partial charge in [-0.25, -0.2) is 0 Å². The van der Waals surface area contributed by atoms with Crippen molar-refractivity contribution in [3.63, 3.8) is 0 Å². The lowest BCUT2D eigenvalue weighted by Gasteiger charge is -2.14. The molecule has 1 N–H and O–H groups in total. The van der Waals surface area contributed by atoms with Crippen molar-refractivity contribution < 1.29 is 4.74 Å². The van der Waals surface area contributed by atoms with E-state index in [-0.39, 0.29) is 11.6 Å². The highest BCUT2D eigenvalue weighted by Crippen LogP contribution is 2.04.